The Morgan fingerprint density at radius 2 is 1.33 bits per heavy atom. The molecule has 0 spiro atoms. The van der Waals surface area contributed by atoms with Crippen LogP contribution in [0.15, 0.2) is 71.1 Å². The van der Waals surface area contributed by atoms with E-state index in [1.165, 1.54) is 25.3 Å². The minimum Gasteiger partial charge on any atom is -0.452 e. The molecule has 15 heavy (non-hydrogen) atoms. The smallest absolute Gasteiger partial charge is 0.180 e. The molecule has 1 N–H and O–H groups in total. The molecular formula is C10H11N3O2. The van der Waals surface area contributed by atoms with Gasteiger partial charge in [0.05, 0.1) is 12.4 Å². The largest absolute Gasteiger partial charge is 0.452 e. The van der Waals surface area contributed by atoms with Gasteiger partial charge in [-0.15, -0.1) is 0 Å². The Balaban J connectivity index is 0.000000112. The van der Waals surface area contributed by atoms with Gasteiger partial charge in [-0.3, -0.25) is 0 Å². The summed E-state index contributed by atoms with van der Waals surface area (Å²) in [6.07, 6.45) is 12.7. The Labute approximate surface area is 86.8 Å². The SMILES string of the molecule is c1cc[nH]c1.c1cocn1.c1cocn1. The van der Waals surface area contributed by atoms with Crippen LogP contribution >= 0.6 is 0 Å². The Kier molecular flexibility index (Phi) is 5.97. The Morgan fingerprint density at radius 1 is 0.800 bits per heavy atom. The van der Waals surface area contributed by atoms with Gasteiger partial charge < -0.3 is 13.8 Å². The van der Waals surface area contributed by atoms with E-state index in [4.69, 9.17) is 0 Å². The maximum absolute atomic E-state index is 4.47. The molecule has 0 amide bonds. The summed E-state index contributed by atoms with van der Waals surface area (Å²) in [5.41, 5.74) is 0. The quantitative estimate of drug-likeness (QED) is 0.611. The lowest BCUT2D eigenvalue weighted by atomic mass is 10.7. The highest BCUT2D eigenvalue weighted by Crippen LogP contribution is 1.73. The van der Waals surface area contributed by atoms with Crippen molar-refractivity contribution in [3.63, 3.8) is 0 Å². The number of aromatic nitrogens is 3. The zero-order chi connectivity index (χ0) is 10.6. The first-order valence-corrected chi connectivity index (χ1v) is 4.22. The molecule has 5 nitrogen and oxygen atoms in total. The number of rotatable bonds is 0. The molecule has 0 saturated carbocycles. The maximum Gasteiger partial charge on any atom is 0.180 e. The van der Waals surface area contributed by atoms with Crippen LogP contribution in [0.2, 0.25) is 0 Å². The summed E-state index contributed by atoms with van der Waals surface area (Å²) in [4.78, 5) is 9.97. The number of hydrogen-bond donors (Lipinski definition) is 1. The van der Waals surface area contributed by atoms with Crippen LogP contribution in [0.1, 0.15) is 0 Å². The van der Waals surface area contributed by atoms with Crippen LogP contribution in [-0.4, -0.2) is 15.0 Å². The molecule has 3 aromatic heterocycles. The van der Waals surface area contributed by atoms with E-state index < -0.39 is 0 Å². The topological polar surface area (TPSA) is 67.8 Å². The van der Waals surface area contributed by atoms with Crippen molar-refractivity contribution in [2.75, 3.05) is 0 Å². The van der Waals surface area contributed by atoms with Crippen LogP contribution in [0, 0.1) is 0 Å². The summed E-state index contributed by atoms with van der Waals surface area (Å²) in [6, 6.07) is 3.89. The second kappa shape index (κ2) is 8.31. The molecule has 0 fully saturated rings. The number of H-pyrrole nitrogens is 1. The van der Waals surface area contributed by atoms with Crippen LogP contribution < -0.4 is 0 Å². The monoisotopic (exact) mass is 205 g/mol. The van der Waals surface area contributed by atoms with E-state index in [9.17, 15) is 0 Å². The molecular weight excluding hydrogens is 194 g/mol. The lowest BCUT2D eigenvalue weighted by Crippen LogP contribution is -1.38. The fourth-order valence-electron chi connectivity index (χ4n) is 0.629. The summed E-state index contributed by atoms with van der Waals surface area (Å²) in [7, 11) is 0. The molecule has 0 aliphatic carbocycles. The summed E-state index contributed by atoms with van der Waals surface area (Å²) in [5.74, 6) is 0. The Morgan fingerprint density at radius 3 is 1.47 bits per heavy atom. The molecule has 78 valence electrons. The molecule has 0 saturated heterocycles. The lowest BCUT2D eigenvalue weighted by molar-refractivity contribution is 0.557. The molecule has 0 atom stereocenters. The highest BCUT2D eigenvalue weighted by molar-refractivity contribution is 4.84. The van der Waals surface area contributed by atoms with Crippen molar-refractivity contribution in [3.05, 3.63) is 62.2 Å². The summed E-state index contributed by atoms with van der Waals surface area (Å²) in [5, 5.41) is 0. The van der Waals surface area contributed by atoms with E-state index in [0.29, 0.717) is 0 Å². The molecule has 0 bridgehead atoms. The molecule has 0 aliphatic heterocycles. The third kappa shape index (κ3) is 6.83. The molecule has 0 aromatic carbocycles. The second-order valence-electron chi connectivity index (χ2n) is 2.24. The predicted octanol–water partition coefficient (Wildman–Crippen LogP) is 2.36. The number of nitrogens with one attached hydrogen (secondary N) is 1. The van der Waals surface area contributed by atoms with Crippen molar-refractivity contribution in [1.29, 1.82) is 0 Å². The third-order valence-corrected chi connectivity index (χ3v) is 1.19. The molecule has 0 aliphatic rings. The van der Waals surface area contributed by atoms with Gasteiger partial charge in [0.25, 0.3) is 0 Å². The first-order chi connectivity index (χ1) is 7.50. The number of aromatic amines is 1. The third-order valence-electron chi connectivity index (χ3n) is 1.19. The van der Waals surface area contributed by atoms with E-state index in [0.717, 1.165) is 0 Å². The van der Waals surface area contributed by atoms with Crippen molar-refractivity contribution >= 4 is 0 Å². The van der Waals surface area contributed by atoms with E-state index >= 15 is 0 Å². The fraction of sp³-hybridized carbons (Fsp3) is 0. The standard InChI is InChI=1S/C4H5N.2C3H3NO/c1-2-4-5-3-1;2*1-2-5-3-4-1/h1-5H;2*1-3H. The second-order valence-corrected chi connectivity index (χ2v) is 2.24. The van der Waals surface area contributed by atoms with Gasteiger partial charge in [-0.2, -0.15) is 0 Å². The van der Waals surface area contributed by atoms with Gasteiger partial charge >= 0.3 is 0 Å². The van der Waals surface area contributed by atoms with Gasteiger partial charge in [0.1, 0.15) is 12.5 Å². The predicted molar refractivity (Wildman–Crippen MR) is 53.8 cm³/mol. The highest BCUT2D eigenvalue weighted by atomic mass is 16.3. The molecule has 3 rings (SSSR count). The summed E-state index contributed by atoms with van der Waals surface area (Å²) in [6.45, 7) is 0. The van der Waals surface area contributed by atoms with E-state index in [-0.39, 0.29) is 0 Å². The minimum atomic E-state index is 1.38. The fourth-order valence-corrected chi connectivity index (χ4v) is 0.629. The minimum absolute atomic E-state index is 1.38. The van der Waals surface area contributed by atoms with Gasteiger partial charge in [0.15, 0.2) is 12.8 Å². The molecule has 0 radical (unpaired) electrons. The van der Waals surface area contributed by atoms with Crippen LogP contribution in [0.25, 0.3) is 0 Å². The van der Waals surface area contributed by atoms with Crippen molar-refractivity contribution in [3.8, 4) is 0 Å². The molecule has 3 heterocycles. The van der Waals surface area contributed by atoms with E-state index in [1.807, 2.05) is 24.5 Å². The highest BCUT2D eigenvalue weighted by Gasteiger charge is 1.60. The van der Waals surface area contributed by atoms with Crippen molar-refractivity contribution in [1.82, 2.24) is 15.0 Å². The number of oxazole rings is 2. The van der Waals surface area contributed by atoms with Crippen molar-refractivity contribution in [2.45, 2.75) is 0 Å². The molecule has 5 heteroatoms. The number of hydrogen-bond acceptors (Lipinski definition) is 4. The van der Waals surface area contributed by atoms with Gasteiger partial charge in [0.2, 0.25) is 0 Å². The zero-order valence-electron chi connectivity index (χ0n) is 7.98. The zero-order valence-corrected chi connectivity index (χ0v) is 7.98. The molecule has 3 aromatic rings. The van der Waals surface area contributed by atoms with Crippen molar-refractivity contribution in [2.24, 2.45) is 0 Å². The average molecular weight is 205 g/mol. The van der Waals surface area contributed by atoms with Gasteiger partial charge in [-0.05, 0) is 12.1 Å². The maximum atomic E-state index is 4.47. The van der Waals surface area contributed by atoms with E-state index in [1.54, 1.807) is 12.4 Å². The van der Waals surface area contributed by atoms with Gasteiger partial charge in [-0.1, -0.05) is 0 Å². The Bertz CT molecular complexity index is 251. The first-order valence-electron chi connectivity index (χ1n) is 4.22. The first kappa shape index (κ1) is 10.8. The lowest BCUT2D eigenvalue weighted by Gasteiger charge is -1.49. The average Bonchev–Trinajstić information content (AvgIpc) is 3.09. The molecule has 0 unspecified atom stereocenters. The van der Waals surface area contributed by atoms with Crippen molar-refractivity contribution < 1.29 is 8.83 Å². The van der Waals surface area contributed by atoms with Crippen LogP contribution in [0.5, 0.6) is 0 Å². The van der Waals surface area contributed by atoms with Crippen LogP contribution in [-0.2, 0) is 0 Å². The van der Waals surface area contributed by atoms with E-state index in [2.05, 4.69) is 23.8 Å². The van der Waals surface area contributed by atoms with Crippen LogP contribution in [0.4, 0.5) is 0 Å². The Hall–Kier alpha value is -2.30. The summed E-state index contributed by atoms with van der Waals surface area (Å²) < 4.78 is 8.94. The van der Waals surface area contributed by atoms with Gasteiger partial charge in [0, 0.05) is 12.4 Å². The normalized spacial score (nSPS) is 8.00. The van der Waals surface area contributed by atoms with Crippen LogP contribution in [0.3, 0.4) is 0 Å². The summed E-state index contributed by atoms with van der Waals surface area (Å²) >= 11 is 0. The number of nitrogens with zero attached hydrogens (tertiary/aromatic N) is 2. The van der Waals surface area contributed by atoms with Gasteiger partial charge in [-0.25, -0.2) is 9.97 Å².